The number of hydrogen-bond acceptors (Lipinski definition) is 2. The minimum absolute atomic E-state index is 0. The monoisotopic (exact) mass is 358 g/mol. The zero-order valence-electron chi connectivity index (χ0n) is 14.9. The van der Waals surface area contributed by atoms with E-state index in [1.165, 1.54) is 16.7 Å². The summed E-state index contributed by atoms with van der Waals surface area (Å²) in [6.07, 6.45) is 1.03. The lowest BCUT2D eigenvalue weighted by Gasteiger charge is -2.31. The Morgan fingerprint density at radius 2 is 1.80 bits per heavy atom. The van der Waals surface area contributed by atoms with Gasteiger partial charge in [0.15, 0.2) is 0 Å². The first-order valence-electron chi connectivity index (χ1n) is 8.81. The van der Waals surface area contributed by atoms with Crippen LogP contribution >= 0.6 is 12.4 Å². The van der Waals surface area contributed by atoms with E-state index in [1.54, 1.807) is 0 Å². The second kappa shape index (κ2) is 9.02. The second-order valence-corrected chi connectivity index (χ2v) is 6.79. The maximum absolute atomic E-state index is 12.8. The van der Waals surface area contributed by atoms with Gasteiger partial charge in [-0.1, -0.05) is 68.4 Å². The third kappa shape index (κ3) is 4.62. The van der Waals surface area contributed by atoms with Crippen molar-refractivity contribution in [1.82, 2.24) is 10.2 Å². The van der Waals surface area contributed by atoms with Crippen molar-refractivity contribution in [2.45, 2.75) is 32.9 Å². The van der Waals surface area contributed by atoms with Crippen molar-refractivity contribution in [1.29, 1.82) is 0 Å². The van der Waals surface area contributed by atoms with Crippen LogP contribution in [0.3, 0.4) is 0 Å². The van der Waals surface area contributed by atoms with E-state index in [1.807, 2.05) is 19.9 Å². The lowest BCUT2D eigenvalue weighted by atomic mass is 9.98. The number of carbonyl (C=O) groups excluding carboxylic acids is 1. The Balaban J connectivity index is 0.00000225. The van der Waals surface area contributed by atoms with E-state index >= 15 is 0 Å². The Hall–Kier alpha value is -1.84. The van der Waals surface area contributed by atoms with Gasteiger partial charge < -0.3 is 10.2 Å². The van der Waals surface area contributed by atoms with Crippen molar-refractivity contribution >= 4 is 18.3 Å². The van der Waals surface area contributed by atoms with Crippen molar-refractivity contribution in [2.75, 3.05) is 13.1 Å². The van der Waals surface area contributed by atoms with Crippen LogP contribution in [0.25, 0.3) is 11.1 Å². The van der Waals surface area contributed by atoms with Gasteiger partial charge in [-0.05, 0) is 29.7 Å². The van der Waals surface area contributed by atoms with E-state index in [2.05, 4.69) is 58.7 Å². The number of amides is 1. The van der Waals surface area contributed by atoms with Crippen molar-refractivity contribution in [2.24, 2.45) is 5.92 Å². The van der Waals surface area contributed by atoms with Gasteiger partial charge in [0.1, 0.15) is 0 Å². The maximum atomic E-state index is 12.8. The van der Waals surface area contributed by atoms with E-state index < -0.39 is 0 Å². The normalized spacial score (nSPS) is 16.5. The van der Waals surface area contributed by atoms with Crippen LogP contribution < -0.4 is 5.32 Å². The summed E-state index contributed by atoms with van der Waals surface area (Å²) < 4.78 is 0. The smallest absolute Gasteiger partial charge is 0.225 e. The molecule has 0 spiro atoms. The van der Waals surface area contributed by atoms with Gasteiger partial charge >= 0.3 is 0 Å². The summed E-state index contributed by atoms with van der Waals surface area (Å²) in [4.78, 5) is 14.9. The average molecular weight is 359 g/mol. The third-order valence-electron chi connectivity index (χ3n) is 4.69. The Morgan fingerprint density at radius 1 is 1.12 bits per heavy atom. The summed E-state index contributed by atoms with van der Waals surface area (Å²) in [6.45, 7) is 6.54. The van der Waals surface area contributed by atoms with E-state index in [0.717, 1.165) is 19.5 Å². The van der Waals surface area contributed by atoms with Gasteiger partial charge in [-0.25, -0.2) is 0 Å². The second-order valence-electron chi connectivity index (χ2n) is 6.79. The van der Waals surface area contributed by atoms with Gasteiger partial charge in [-0.2, -0.15) is 0 Å². The van der Waals surface area contributed by atoms with E-state index in [4.69, 9.17) is 0 Å². The summed E-state index contributed by atoms with van der Waals surface area (Å²) in [7, 11) is 0. The Bertz CT molecular complexity index is 681. The van der Waals surface area contributed by atoms with Crippen molar-refractivity contribution in [3.8, 4) is 11.1 Å². The predicted octanol–water partition coefficient (Wildman–Crippen LogP) is 4.12. The van der Waals surface area contributed by atoms with E-state index in [-0.39, 0.29) is 24.2 Å². The van der Waals surface area contributed by atoms with E-state index in [0.29, 0.717) is 12.6 Å². The van der Waals surface area contributed by atoms with Gasteiger partial charge in [0.2, 0.25) is 5.91 Å². The zero-order valence-corrected chi connectivity index (χ0v) is 15.8. The van der Waals surface area contributed by atoms with Crippen LogP contribution in [-0.4, -0.2) is 29.9 Å². The largest absolute Gasteiger partial charge is 0.334 e. The number of hydrogen-bond donors (Lipinski definition) is 1. The van der Waals surface area contributed by atoms with Crippen LogP contribution in [0.5, 0.6) is 0 Å². The number of halogens is 1. The Labute approximate surface area is 156 Å². The molecular weight excluding hydrogens is 332 g/mol. The molecule has 3 nitrogen and oxygen atoms in total. The first-order chi connectivity index (χ1) is 11.7. The minimum Gasteiger partial charge on any atom is -0.334 e. The maximum Gasteiger partial charge on any atom is 0.225 e. The van der Waals surface area contributed by atoms with Crippen molar-refractivity contribution in [3.63, 3.8) is 0 Å². The number of nitrogens with zero attached hydrogens (tertiary/aromatic N) is 1. The SMILES string of the molecule is CC(C)C(=O)N(Cc1ccccc1-c1ccccc1)[C@H]1CCNC1.Cl. The minimum atomic E-state index is 0. The molecule has 2 aromatic carbocycles. The van der Waals surface area contributed by atoms with Gasteiger partial charge in [-0.3, -0.25) is 4.79 Å². The fourth-order valence-electron chi connectivity index (χ4n) is 3.37. The molecule has 0 bridgehead atoms. The van der Waals surface area contributed by atoms with E-state index in [9.17, 15) is 4.79 Å². The molecule has 1 aliphatic rings. The molecule has 4 heteroatoms. The van der Waals surface area contributed by atoms with Crippen molar-refractivity contribution < 1.29 is 4.79 Å². The third-order valence-corrected chi connectivity index (χ3v) is 4.69. The highest BCUT2D eigenvalue weighted by Crippen LogP contribution is 2.26. The number of rotatable bonds is 5. The molecule has 1 heterocycles. The molecule has 1 amide bonds. The van der Waals surface area contributed by atoms with Crippen LogP contribution in [0.15, 0.2) is 54.6 Å². The molecule has 3 rings (SSSR count). The highest BCUT2D eigenvalue weighted by Gasteiger charge is 2.28. The molecule has 1 saturated heterocycles. The van der Waals surface area contributed by atoms with Gasteiger partial charge in [0.25, 0.3) is 0 Å². The zero-order chi connectivity index (χ0) is 16.9. The summed E-state index contributed by atoms with van der Waals surface area (Å²) in [5, 5.41) is 3.38. The lowest BCUT2D eigenvalue weighted by molar-refractivity contribution is -0.137. The summed E-state index contributed by atoms with van der Waals surface area (Å²) in [5.41, 5.74) is 3.63. The van der Waals surface area contributed by atoms with Crippen LogP contribution in [0.1, 0.15) is 25.8 Å². The summed E-state index contributed by atoms with van der Waals surface area (Å²) >= 11 is 0. The molecule has 0 saturated carbocycles. The molecule has 0 aliphatic carbocycles. The molecular formula is C21H27ClN2O. The molecule has 2 aromatic rings. The average Bonchev–Trinajstić information content (AvgIpc) is 3.14. The molecule has 134 valence electrons. The molecule has 1 atom stereocenters. The topological polar surface area (TPSA) is 32.3 Å². The molecule has 0 unspecified atom stereocenters. The first kappa shape index (κ1) is 19.5. The summed E-state index contributed by atoms with van der Waals surface area (Å²) in [6, 6.07) is 19.1. The standard InChI is InChI=1S/C21H26N2O.ClH/c1-16(2)21(24)23(19-12-13-22-14-19)15-18-10-6-7-11-20(18)17-8-4-3-5-9-17;/h3-11,16,19,22H,12-15H2,1-2H3;1H/t19-;/m0./s1. The molecule has 25 heavy (non-hydrogen) atoms. The van der Waals surface area contributed by atoms with Crippen LogP contribution in [0, 0.1) is 5.92 Å². The van der Waals surface area contributed by atoms with Gasteiger partial charge in [0.05, 0.1) is 0 Å². The Kier molecular flexibility index (Phi) is 7.03. The number of nitrogens with one attached hydrogen (secondary N) is 1. The first-order valence-corrected chi connectivity index (χ1v) is 8.81. The Morgan fingerprint density at radius 3 is 2.44 bits per heavy atom. The lowest BCUT2D eigenvalue weighted by Crippen LogP contribution is -2.43. The van der Waals surface area contributed by atoms with Gasteiger partial charge in [0, 0.05) is 25.0 Å². The fourth-order valence-corrected chi connectivity index (χ4v) is 3.37. The fraction of sp³-hybridized carbons (Fsp3) is 0.381. The molecule has 0 aromatic heterocycles. The molecule has 0 radical (unpaired) electrons. The van der Waals surface area contributed by atoms with Crippen LogP contribution in [0.4, 0.5) is 0 Å². The van der Waals surface area contributed by atoms with Crippen LogP contribution in [0.2, 0.25) is 0 Å². The highest BCUT2D eigenvalue weighted by molar-refractivity contribution is 5.85. The molecule has 1 fully saturated rings. The van der Waals surface area contributed by atoms with Crippen LogP contribution in [-0.2, 0) is 11.3 Å². The predicted molar refractivity (Wildman–Crippen MR) is 106 cm³/mol. The van der Waals surface area contributed by atoms with Crippen molar-refractivity contribution in [3.05, 3.63) is 60.2 Å². The molecule has 1 aliphatic heterocycles. The quantitative estimate of drug-likeness (QED) is 0.871. The number of benzene rings is 2. The molecule has 1 N–H and O–H groups in total. The number of carbonyl (C=O) groups is 1. The van der Waals surface area contributed by atoms with Gasteiger partial charge in [-0.15, -0.1) is 12.4 Å². The highest BCUT2D eigenvalue weighted by atomic mass is 35.5. The summed E-state index contributed by atoms with van der Waals surface area (Å²) in [5.74, 6) is 0.265.